The monoisotopic (exact) mass is 536 g/mol. The fraction of sp³-hybridized carbons (Fsp3) is 0.308. The minimum absolute atomic E-state index is 0.00832. The van der Waals surface area contributed by atoms with Crippen LogP contribution in [0.15, 0.2) is 43.0 Å². The first-order valence-corrected chi connectivity index (χ1v) is 12.4. The summed E-state index contributed by atoms with van der Waals surface area (Å²) < 4.78 is 33.4. The first-order chi connectivity index (χ1) is 18.9. The van der Waals surface area contributed by atoms with Gasteiger partial charge in [-0.25, -0.2) is 28.5 Å². The molecule has 2 amide bonds. The Kier molecular flexibility index (Phi) is 7.57. The van der Waals surface area contributed by atoms with Gasteiger partial charge in [0.25, 0.3) is 5.91 Å². The third-order valence-electron chi connectivity index (χ3n) is 6.46. The van der Waals surface area contributed by atoms with Crippen molar-refractivity contribution in [2.75, 3.05) is 12.4 Å². The van der Waals surface area contributed by atoms with Crippen molar-refractivity contribution in [3.8, 4) is 11.4 Å². The van der Waals surface area contributed by atoms with Gasteiger partial charge in [0.1, 0.15) is 23.8 Å². The summed E-state index contributed by atoms with van der Waals surface area (Å²) in [5.74, 6) is -1.21. The first kappa shape index (κ1) is 25.9. The van der Waals surface area contributed by atoms with E-state index in [-0.39, 0.29) is 41.9 Å². The molecule has 4 N–H and O–H groups in total. The number of pyridine rings is 2. The van der Waals surface area contributed by atoms with E-state index < -0.39 is 17.7 Å². The average molecular weight is 537 g/mol. The number of nitrogens with one attached hydrogen (secondary N) is 4. The van der Waals surface area contributed by atoms with Gasteiger partial charge in [0.15, 0.2) is 17.5 Å². The Morgan fingerprint density at radius 3 is 2.82 bits per heavy atom. The standard InChI is InChI=1S/C26H26F2N8O3/c1-29-26(38)39-13-14-5-6-30-21(7-14)25(37)35-17-4-2-3-16(9-17)34-24-20(28)12-33-23(36-24)19-11-32-22-18(19)8-15(27)10-31-22/h5-8,10-12,16-17H,2-4,9,13H2,1H3,(H,29,38)(H,31,32)(H,35,37)(H,33,34,36)/t16-,17+/m1/s1. The Bertz CT molecular complexity index is 1510. The number of hydrogen-bond acceptors (Lipinski definition) is 8. The molecular weight excluding hydrogens is 510 g/mol. The molecule has 0 saturated heterocycles. The second-order valence-corrected chi connectivity index (χ2v) is 9.20. The van der Waals surface area contributed by atoms with Crippen LogP contribution in [0.2, 0.25) is 0 Å². The number of amides is 2. The van der Waals surface area contributed by atoms with Crippen molar-refractivity contribution in [3.63, 3.8) is 0 Å². The highest BCUT2D eigenvalue weighted by atomic mass is 19.1. The van der Waals surface area contributed by atoms with E-state index in [1.54, 1.807) is 18.3 Å². The number of nitrogens with zero attached hydrogens (tertiary/aromatic N) is 4. The molecular formula is C26H26F2N8O3. The number of carbonyl (C=O) groups excluding carboxylic acids is 2. The highest BCUT2D eigenvalue weighted by Crippen LogP contribution is 2.28. The van der Waals surface area contributed by atoms with Gasteiger partial charge < -0.3 is 25.7 Å². The van der Waals surface area contributed by atoms with Gasteiger partial charge in [0.05, 0.1) is 12.4 Å². The number of ether oxygens (including phenoxy) is 1. The quantitative estimate of drug-likeness (QED) is 0.280. The van der Waals surface area contributed by atoms with E-state index in [4.69, 9.17) is 4.74 Å². The van der Waals surface area contributed by atoms with Crippen LogP contribution in [0.3, 0.4) is 0 Å². The zero-order valence-corrected chi connectivity index (χ0v) is 21.0. The SMILES string of the molecule is CNC(=O)OCc1ccnc(C(=O)N[C@H]2CCC[C@@H](Nc3nc(-c4c[nH]c5ncc(F)cc45)ncc3F)C2)c1. The van der Waals surface area contributed by atoms with Gasteiger partial charge in [-0.05, 0) is 49.4 Å². The van der Waals surface area contributed by atoms with Gasteiger partial charge in [-0.3, -0.25) is 9.78 Å². The predicted molar refractivity (Wildman–Crippen MR) is 138 cm³/mol. The average Bonchev–Trinajstić information content (AvgIpc) is 3.36. The van der Waals surface area contributed by atoms with Crippen LogP contribution >= 0.6 is 0 Å². The Morgan fingerprint density at radius 1 is 1.13 bits per heavy atom. The molecule has 5 rings (SSSR count). The molecule has 11 nitrogen and oxygen atoms in total. The number of hydrogen-bond donors (Lipinski definition) is 4. The molecule has 0 radical (unpaired) electrons. The summed E-state index contributed by atoms with van der Waals surface area (Å²) >= 11 is 0. The van der Waals surface area contributed by atoms with Crippen LogP contribution in [0, 0.1) is 11.6 Å². The Labute approximate surface area is 221 Å². The summed E-state index contributed by atoms with van der Waals surface area (Å²) in [6, 6.07) is 4.24. The normalized spacial score (nSPS) is 17.0. The van der Waals surface area contributed by atoms with E-state index in [2.05, 4.69) is 40.9 Å². The van der Waals surface area contributed by atoms with E-state index in [0.717, 1.165) is 31.7 Å². The fourth-order valence-corrected chi connectivity index (χ4v) is 4.57. The molecule has 1 saturated carbocycles. The summed E-state index contributed by atoms with van der Waals surface area (Å²) in [6.45, 7) is 0.00832. The van der Waals surface area contributed by atoms with Crippen molar-refractivity contribution in [1.29, 1.82) is 0 Å². The molecule has 0 aromatic carbocycles. The number of halogens is 2. The topological polar surface area (TPSA) is 147 Å². The summed E-state index contributed by atoms with van der Waals surface area (Å²) in [5.41, 5.74) is 1.81. The summed E-state index contributed by atoms with van der Waals surface area (Å²) in [7, 11) is 1.46. The van der Waals surface area contributed by atoms with Crippen molar-refractivity contribution < 1.29 is 23.1 Å². The van der Waals surface area contributed by atoms with E-state index in [1.807, 2.05) is 0 Å². The Balaban J connectivity index is 1.24. The van der Waals surface area contributed by atoms with Crippen molar-refractivity contribution in [1.82, 2.24) is 35.6 Å². The number of rotatable bonds is 7. The van der Waals surface area contributed by atoms with Crippen LogP contribution in [0.5, 0.6) is 0 Å². The first-order valence-electron chi connectivity index (χ1n) is 12.4. The number of alkyl carbamates (subject to hydrolysis) is 1. The van der Waals surface area contributed by atoms with Crippen LogP contribution in [0.1, 0.15) is 41.7 Å². The van der Waals surface area contributed by atoms with Gasteiger partial charge in [-0.2, -0.15) is 0 Å². The lowest BCUT2D eigenvalue weighted by Crippen LogP contribution is -2.42. The van der Waals surface area contributed by atoms with Crippen LogP contribution < -0.4 is 16.0 Å². The molecule has 39 heavy (non-hydrogen) atoms. The lowest BCUT2D eigenvalue weighted by Gasteiger charge is -2.30. The molecule has 1 aliphatic rings. The van der Waals surface area contributed by atoms with E-state index in [9.17, 15) is 18.4 Å². The molecule has 0 unspecified atom stereocenters. The smallest absolute Gasteiger partial charge is 0.407 e. The van der Waals surface area contributed by atoms with Crippen molar-refractivity contribution in [2.45, 2.75) is 44.4 Å². The second-order valence-electron chi connectivity index (χ2n) is 9.20. The third kappa shape index (κ3) is 6.08. The van der Waals surface area contributed by atoms with Crippen LogP contribution in [-0.4, -0.2) is 56.1 Å². The van der Waals surface area contributed by atoms with Crippen molar-refractivity contribution in [3.05, 3.63) is 65.9 Å². The number of aromatic amines is 1. The Hall–Kier alpha value is -4.68. The summed E-state index contributed by atoms with van der Waals surface area (Å²) in [6.07, 6.45) is 7.57. The molecule has 1 fully saturated rings. The highest BCUT2D eigenvalue weighted by molar-refractivity contribution is 5.93. The van der Waals surface area contributed by atoms with Crippen molar-refractivity contribution >= 4 is 28.9 Å². The third-order valence-corrected chi connectivity index (χ3v) is 6.46. The van der Waals surface area contributed by atoms with Crippen LogP contribution in [0.4, 0.5) is 19.4 Å². The van der Waals surface area contributed by atoms with Crippen molar-refractivity contribution in [2.24, 2.45) is 0 Å². The molecule has 4 aromatic rings. The lowest BCUT2D eigenvalue weighted by molar-refractivity contribution is 0.0921. The zero-order valence-electron chi connectivity index (χ0n) is 21.0. The van der Waals surface area contributed by atoms with Gasteiger partial charge in [-0.1, -0.05) is 0 Å². The molecule has 4 aromatic heterocycles. The molecule has 1 aliphatic carbocycles. The molecule has 0 bridgehead atoms. The summed E-state index contributed by atoms with van der Waals surface area (Å²) in [5, 5.41) is 8.99. The zero-order chi connectivity index (χ0) is 27.4. The van der Waals surface area contributed by atoms with E-state index >= 15 is 0 Å². The molecule has 0 aliphatic heterocycles. The number of aromatic nitrogens is 5. The second kappa shape index (κ2) is 11.4. The minimum atomic E-state index is -0.617. The highest BCUT2D eigenvalue weighted by Gasteiger charge is 2.25. The van der Waals surface area contributed by atoms with Gasteiger partial charge in [-0.15, -0.1) is 0 Å². The van der Waals surface area contributed by atoms with Gasteiger partial charge in [0.2, 0.25) is 0 Å². The van der Waals surface area contributed by atoms with E-state index in [1.165, 1.54) is 19.3 Å². The largest absolute Gasteiger partial charge is 0.445 e. The maximum atomic E-state index is 14.7. The summed E-state index contributed by atoms with van der Waals surface area (Å²) in [4.78, 5) is 43.7. The maximum absolute atomic E-state index is 14.7. The maximum Gasteiger partial charge on any atom is 0.407 e. The van der Waals surface area contributed by atoms with Gasteiger partial charge >= 0.3 is 6.09 Å². The van der Waals surface area contributed by atoms with Gasteiger partial charge in [0, 0.05) is 42.5 Å². The minimum Gasteiger partial charge on any atom is -0.445 e. The molecule has 202 valence electrons. The molecule has 4 heterocycles. The molecule has 2 atom stereocenters. The number of fused-ring (bicyclic) bond motifs is 1. The fourth-order valence-electron chi connectivity index (χ4n) is 4.57. The van der Waals surface area contributed by atoms with Crippen LogP contribution in [-0.2, 0) is 11.3 Å². The number of H-pyrrole nitrogens is 1. The number of carbonyl (C=O) groups is 2. The van der Waals surface area contributed by atoms with Crippen LogP contribution in [0.25, 0.3) is 22.4 Å². The number of anilines is 1. The lowest BCUT2D eigenvalue weighted by atomic mass is 9.91. The molecule has 0 spiro atoms. The predicted octanol–water partition coefficient (Wildman–Crippen LogP) is 3.70. The van der Waals surface area contributed by atoms with E-state index in [0.29, 0.717) is 28.6 Å². The molecule has 13 heteroatoms. The Morgan fingerprint density at radius 2 is 1.97 bits per heavy atom.